The molecule has 102 valence electrons. The van der Waals surface area contributed by atoms with Crippen LogP contribution < -0.4 is 5.73 Å². The summed E-state index contributed by atoms with van der Waals surface area (Å²) in [6, 6.07) is 9.75. The molecule has 2 heterocycles. The van der Waals surface area contributed by atoms with E-state index < -0.39 is 0 Å². The summed E-state index contributed by atoms with van der Waals surface area (Å²) in [6.45, 7) is 0. The van der Waals surface area contributed by atoms with Crippen LogP contribution in [0, 0.1) is 0 Å². The van der Waals surface area contributed by atoms with Gasteiger partial charge in [-0.1, -0.05) is 33.6 Å². The lowest BCUT2D eigenvalue weighted by Gasteiger charge is -2.05. The van der Waals surface area contributed by atoms with Gasteiger partial charge in [0.25, 0.3) is 0 Å². The molecule has 6 heteroatoms. The first-order chi connectivity index (χ1) is 9.58. The normalized spacial score (nSPS) is 10.9. The molecule has 3 rings (SSSR count). The van der Waals surface area contributed by atoms with Crippen molar-refractivity contribution in [3.63, 3.8) is 0 Å². The van der Waals surface area contributed by atoms with Crippen LogP contribution in [0.1, 0.15) is 0 Å². The van der Waals surface area contributed by atoms with Gasteiger partial charge < -0.3 is 5.73 Å². The molecule has 0 spiro atoms. The predicted molar refractivity (Wildman–Crippen MR) is 89.1 cm³/mol. The lowest BCUT2D eigenvalue weighted by atomic mass is 10.1. The summed E-state index contributed by atoms with van der Waals surface area (Å²) in [5.74, 6) is 0.637. The number of nitrogens with two attached hydrogens (primary N) is 1. The maximum atomic E-state index is 6.32. The molecule has 3 aromatic rings. The molecule has 0 saturated carbocycles. The topological polar surface area (TPSA) is 43.8 Å². The van der Waals surface area contributed by atoms with Crippen LogP contribution in [-0.2, 0) is 7.05 Å². The van der Waals surface area contributed by atoms with E-state index in [1.807, 2.05) is 42.8 Å². The van der Waals surface area contributed by atoms with Crippen molar-refractivity contribution in [2.75, 3.05) is 5.73 Å². The average Bonchev–Trinajstić information content (AvgIpc) is 3.02. The summed E-state index contributed by atoms with van der Waals surface area (Å²) in [4.78, 5) is 1.08. The minimum absolute atomic E-state index is 0.637. The highest BCUT2D eigenvalue weighted by molar-refractivity contribution is 9.10. The van der Waals surface area contributed by atoms with Crippen molar-refractivity contribution in [1.82, 2.24) is 9.78 Å². The Kier molecular flexibility index (Phi) is 3.58. The fraction of sp³-hybridized carbons (Fsp3) is 0.0714. The Balaban J connectivity index is 2.30. The second-order valence-electron chi connectivity index (χ2n) is 4.33. The van der Waals surface area contributed by atoms with Gasteiger partial charge in [-0.25, -0.2) is 0 Å². The zero-order valence-electron chi connectivity index (χ0n) is 10.6. The maximum Gasteiger partial charge on any atom is 0.130 e. The number of nitrogens with zero attached hydrogens (tertiary/aromatic N) is 2. The van der Waals surface area contributed by atoms with E-state index in [4.69, 9.17) is 17.3 Å². The third-order valence-electron chi connectivity index (χ3n) is 3.04. The molecular formula is C14H11BrClN3S. The Morgan fingerprint density at radius 1 is 1.35 bits per heavy atom. The maximum absolute atomic E-state index is 6.32. The SMILES string of the molecule is Cn1nc(-c2cc(Br)ccc2Cl)c(-c2cccs2)c1N. The number of nitrogen functional groups attached to an aromatic ring is 1. The summed E-state index contributed by atoms with van der Waals surface area (Å²) >= 11 is 11.4. The van der Waals surface area contributed by atoms with Crippen LogP contribution in [0.15, 0.2) is 40.2 Å². The molecule has 0 aliphatic carbocycles. The van der Waals surface area contributed by atoms with E-state index in [9.17, 15) is 0 Å². The number of hydrogen-bond acceptors (Lipinski definition) is 3. The Hall–Kier alpha value is -1.30. The third kappa shape index (κ3) is 2.26. The van der Waals surface area contributed by atoms with Gasteiger partial charge in [0, 0.05) is 22.0 Å². The number of thiophene rings is 1. The number of anilines is 1. The van der Waals surface area contributed by atoms with Crippen LogP contribution in [0.25, 0.3) is 21.7 Å². The first-order valence-corrected chi connectivity index (χ1v) is 7.94. The van der Waals surface area contributed by atoms with Crippen molar-refractivity contribution in [2.45, 2.75) is 0 Å². The standard InChI is InChI=1S/C14H11BrClN3S/c1-19-14(17)12(11-3-2-6-20-11)13(18-19)9-7-8(15)4-5-10(9)16/h2-7H,17H2,1H3. The molecule has 0 bridgehead atoms. The molecule has 0 aliphatic heterocycles. The van der Waals surface area contributed by atoms with Crippen LogP contribution in [0.5, 0.6) is 0 Å². The molecule has 2 N–H and O–H groups in total. The summed E-state index contributed by atoms with van der Waals surface area (Å²) in [7, 11) is 1.84. The summed E-state index contributed by atoms with van der Waals surface area (Å²) in [5, 5.41) is 7.21. The largest absolute Gasteiger partial charge is 0.383 e. The molecule has 0 unspecified atom stereocenters. The van der Waals surface area contributed by atoms with Crippen molar-refractivity contribution < 1.29 is 0 Å². The molecule has 20 heavy (non-hydrogen) atoms. The second-order valence-corrected chi connectivity index (χ2v) is 6.60. The van der Waals surface area contributed by atoms with Crippen molar-refractivity contribution in [1.29, 1.82) is 0 Å². The van der Waals surface area contributed by atoms with Gasteiger partial charge in [-0.05, 0) is 29.6 Å². The molecule has 0 fully saturated rings. The van der Waals surface area contributed by atoms with Gasteiger partial charge in [0.05, 0.1) is 10.6 Å². The summed E-state index contributed by atoms with van der Waals surface area (Å²) in [6.07, 6.45) is 0. The third-order valence-corrected chi connectivity index (χ3v) is 4.75. The van der Waals surface area contributed by atoms with E-state index in [-0.39, 0.29) is 0 Å². The van der Waals surface area contributed by atoms with Gasteiger partial charge in [0.15, 0.2) is 0 Å². The van der Waals surface area contributed by atoms with Gasteiger partial charge in [-0.15, -0.1) is 11.3 Å². The fourth-order valence-electron chi connectivity index (χ4n) is 2.07. The molecule has 0 amide bonds. The number of benzene rings is 1. The fourth-order valence-corrected chi connectivity index (χ4v) is 3.42. The number of rotatable bonds is 2. The molecular weight excluding hydrogens is 358 g/mol. The van der Waals surface area contributed by atoms with E-state index in [0.29, 0.717) is 10.8 Å². The number of aromatic nitrogens is 2. The Bertz CT molecular complexity index is 765. The quantitative estimate of drug-likeness (QED) is 0.705. The molecule has 3 nitrogen and oxygen atoms in total. The number of halogens is 2. The second kappa shape index (κ2) is 5.24. The smallest absolute Gasteiger partial charge is 0.130 e. The zero-order chi connectivity index (χ0) is 14.3. The van der Waals surface area contributed by atoms with Crippen LogP contribution in [0.3, 0.4) is 0 Å². The molecule has 1 aromatic carbocycles. The lowest BCUT2D eigenvalue weighted by molar-refractivity contribution is 0.782. The van der Waals surface area contributed by atoms with E-state index in [2.05, 4.69) is 21.0 Å². The monoisotopic (exact) mass is 367 g/mol. The van der Waals surface area contributed by atoms with Crippen LogP contribution in [0.2, 0.25) is 5.02 Å². The van der Waals surface area contributed by atoms with Gasteiger partial charge in [0.2, 0.25) is 0 Å². The van der Waals surface area contributed by atoms with E-state index in [0.717, 1.165) is 26.2 Å². The van der Waals surface area contributed by atoms with Crippen molar-refractivity contribution in [3.05, 3.63) is 45.2 Å². The van der Waals surface area contributed by atoms with Crippen molar-refractivity contribution in [3.8, 4) is 21.7 Å². The Morgan fingerprint density at radius 2 is 2.15 bits per heavy atom. The minimum atomic E-state index is 0.637. The average molecular weight is 369 g/mol. The van der Waals surface area contributed by atoms with Crippen LogP contribution in [0.4, 0.5) is 5.82 Å². The van der Waals surface area contributed by atoms with E-state index >= 15 is 0 Å². The van der Waals surface area contributed by atoms with Crippen molar-refractivity contribution >= 4 is 44.7 Å². The minimum Gasteiger partial charge on any atom is -0.383 e. The molecule has 0 atom stereocenters. The zero-order valence-corrected chi connectivity index (χ0v) is 13.8. The van der Waals surface area contributed by atoms with Crippen molar-refractivity contribution in [2.24, 2.45) is 7.05 Å². The van der Waals surface area contributed by atoms with Crippen LogP contribution >= 0.6 is 38.9 Å². The molecule has 0 aliphatic rings. The number of hydrogen-bond donors (Lipinski definition) is 1. The lowest BCUT2D eigenvalue weighted by Crippen LogP contribution is -1.97. The predicted octanol–water partition coefficient (Wildman–Crippen LogP) is 4.81. The first kappa shape index (κ1) is 13.7. The van der Waals surface area contributed by atoms with Gasteiger partial charge in [0.1, 0.15) is 11.5 Å². The van der Waals surface area contributed by atoms with Gasteiger partial charge in [-0.3, -0.25) is 4.68 Å². The van der Waals surface area contributed by atoms with E-state index in [1.54, 1.807) is 16.0 Å². The van der Waals surface area contributed by atoms with Gasteiger partial charge in [-0.2, -0.15) is 5.10 Å². The molecule has 0 radical (unpaired) electrons. The van der Waals surface area contributed by atoms with Gasteiger partial charge >= 0.3 is 0 Å². The molecule has 2 aromatic heterocycles. The Morgan fingerprint density at radius 3 is 2.85 bits per heavy atom. The first-order valence-electron chi connectivity index (χ1n) is 5.89. The highest BCUT2D eigenvalue weighted by atomic mass is 79.9. The summed E-state index contributed by atoms with van der Waals surface area (Å²) in [5.41, 5.74) is 8.78. The molecule has 0 saturated heterocycles. The number of aryl methyl sites for hydroxylation is 1. The Labute approximate surface area is 134 Å². The highest BCUT2D eigenvalue weighted by Crippen LogP contribution is 2.41. The van der Waals surface area contributed by atoms with Crippen LogP contribution in [-0.4, -0.2) is 9.78 Å². The van der Waals surface area contributed by atoms with E-state index in [1.165, 1.54) is 0 Å². The summed E-state index contributed by atoms with van der Waals surface area (Å²) < 4.78 is 2.64. The highest BCUT2D eigenvalue weighted by Gasteiger charge is 2.20.